The van der Waals surface area contributed by atoms with E-state index in [-0.39, 0.29) is 18.0 Å². The van der Waals surface area contributed by atoms with Crippen molar-refractivity contribution in [2.45, 2.75) is 6.54 Å². The van der Waals surface area contributed by atoms with E-state index < -0.39 is 16.4 Å². The molecule has 0 saturated carbocycles. The molecule has 0 fully saturated rings. The first kappa shape index (κ1) is 12.7. The molecule has 19 heavy (non-hydrogen) atoms. The average Bonchev–Trinajstić information content (AvgIpc) is 2.90. The number of hydrogen-bond acceptors (Lipinski definition) is 7. The number of aromatic nitrogens is 2. The number of rotatable bonds is 5. The molecule has 0 amide bonds. The monoisotopic (exact) mass is 268 g/mol. The van der Waals surface area contributed by atoms with Crippen LogP contribution in [0.15, 0.2) is 23.0 Å². The molecule has 0 spiro atoms. The number of methoxy groups -OCH3 is 1. The van der Waals surface area contributed by atoms with E-state index in [0.29, 0.717) is 5.82 Å². The summed E-state index contributed by atoms with van der Waals surface area (Å²) in [6, 6.07) is 1.99. The molecule has 0 radical (unpaired) electrons. The molecule has 1 aromatic heterocycles. The number of anilines is 1. The fourth-order valence-corrected chi connectivity index (χ4v) is 1.43. The molecule has 2 aromatic rings. The normalized spacial score (nSPS) is 10.2. The summed E-state index contributed by atoms with van der Waals surface area (Å²) in [5, 5.41) is 16.9. The summed E-state index contributed by atoms with van der Waals surface area (Å²) in [6.45, 7) is 0.119. The third-order valence-corrected chi connectivity index (χ3v) is 2.31. The molecular weight excluding hydrogens is 259 g/mol. The van der Waals surface area contributed by atoms with E-state index in [9.17, 15) is 14.5 Å². The Labute approximate surface area is 106 Å². The second kappa shape index (κ2) is 5.29. The Kier molecular flexibility index (Phi) is 3.55. The fourth-order valence-electron chi connectivity index (χ4n) is 1.43. The van der Waals surface area contributed by atoms with Crippen molar-refractivity contribution in [3.8, 4) is 5.75 Å². The topological polar surface area (TPSA) is 103 Å². The van der Waals surface area contributed by atoms with Crippen molar-refractivity contribution in [1.29, 1.82) is 0 Å². The maximum atomic E-state index is 13.7. The van der Waals surface area contributed by atoms with Crippen molar-refractivity contribution in [2.24, 2.45) is 0 Å². The molecule has 0 unspecified atom stereocenters. The smallest absolute Gasteiger partial charge is 0.313 e. The minimum absolute atomic E-state index is 0.0398. The molecule has 0 bridgehead atoms. The van der Waals surface area contributed by atoms with E-state index in [1.54, 1.807) is 0 Å². The van der Waals surface area contributed by atoms with Crippen molar-refractivity contribution in [3.63, 3.8) is 0 Å². The third-order valence-electron chi connectivity index (χ3n) is 2.31. The number of ether oxygens (including phenoxy) is 1. The first-order chi connectivity index (χ1) is 9.11. The van der Waals surface area contributed by atoms with Gasteiger partial charge >= 0.3 is 5.69 Å². The van der Waals surface area contributed by atoms with Gasteiger partial charge in [0.25, 0.3) is 0 Å². The zero-order chi connectivity index (χ0) is 13.8. The van der Waals surface area contributed by atoms with Crippen LogP contribution >= 0.6 is 0 Å². The van der Waals surface area contributed by atoms with Gasteiger partial charge in [-0.05, 0) is 0 Å². The lowest BCUT2D eigenvalue weighted by atomic mass is 10.2. The van der Waals surface area contributed by atoms with E-state index in [4.69, 9.17) is 4.74 Å². The van der Waals surface area contributed by atoms with Crippen LogP contribution < -0.4 is 10.1 Å². The van der Waals surface area contributed by atoms with Crippen LogP contribution in [-0.4, -0.2) is 22.2 Å². The summed E-state index contributed by atoms with van der Waals surface area (Å²) in [7, 11) is 1.27. The van der Waals surface area contributed by atoms with Crippen LogP contribution in [0.2, 0.25) is 0 Å². The van der Waals surface area contributed by atoms with Gasteiger partial charge in [-0.25, -0.2) is 4.39 Å². The van der Waals surface area contributed by atoms with E-state index in [0.717, 1.165) is 12.5 Å². The van der Waals surface area contributed by atoms with Crippen molar-refractivity contribution < 1.29 is 18.6 Å². The number of benzene rings is 1. The Morgan fingerprint density at radius 3 is 2.95 bits per heavy atom. The van der Waals surface area contributed by atoms with Crippen LogP contribution in [0.1, 0.15) is 5.82 Å². The zero-order valence-corrected chi connectivity index (χ0v) is 9.79. The number of hydrogen-bond donors (Lipinski definition) is 1. The summed E-state index contributed by atoms with van der Waals surface area (Å²) >= 11 is 0. The summed E-state index contributed by atoms with van der Waals surface area (Å²) in [6.07, 6.45) is 1.14. The highest BCUT2D eigenvalue weighted by Crippen LogP contribution is 2.32. The molecule has 0 aliphatic rings. The number of nitrogens with zero attached hydrogens (tertiary/aromatic N) is 3. The highest BCUT2D eigenvalue weighted by atomic mass is 19.1. The number of halogens is 1. The van der Waals surface area contributed by atoms with Gasteiger partial charge in [0, 0.05) is 6.07 Å². The highest BCUT2D eigenvalue weighted by Gasteiger charge is 2.19. The molecule has 1 N–H and O–H groups in total. The number of nitrogens with one attached hydrogen (secondary N) is 1. The van der Waals surface area contributed by atoms with Crippen molar-refractivity contribution in [2.75, 3.05) is 12.4 Å². The maximum Gasteiger partial charge on any atom is 0.313 e. The molecule has 0 atom stereocenters. The summed E-state index contributed by atoms with van der Waals surface area (Å²) in [4.78, 5) is 13.7. The van der Waals surface area contributed by atoms with Crippen LogP contribution in [-0.2, 0) is 6.54 Å². The molecule has 0 saturated heterocycles. The Morgan fingerprint density at radius 1 is 1.58 bits per heavy atom. The van der Waals surface area contributed by atoms with Gasteiger partial charge in [0.1, 0.15) is 0 Å². The number of nitro benzene ring substituents is 1. The largest absolute Gasteiger partial charge is 0.490 e. The van der Waals surface area contributed by atoms with Crippen LogP contribution in [0, 0.1) is 15.9 Å². The van der Waals surface area contributed by atoms with Gasteiger partial charge in [0.15, 0.2) is 17.4 Å². The first-order valence-electron chi connectivity index (χ1n) is 5.13. The van der Waals surface area contributed by atoms with Crippen LogP contribution in [0.3, 0.4) is 0 Å². The molecule has 1 aromatic carbocycles. The standard InChI is InChI=1S/C10H9FN4O4/c1-18-9-3-7(6(11)2-8(9)15(16)17)12-4-10-13-5-19-14-10/h2-3,5,12H,4H2,1H3. The SMILES string of the molecule is COc1cc(NCc2ncon2)c(F)cc1[N+](=O)[O-]. The van der Waals surface area contributed by atoms with Gasteiger partial charge in [-0.1, -0.05) is 5.16 Å². The predicted octanol–water partition coefficient (Wildman–Crippen LogP) is 1.74. The molecular formula is C10H9FN4O4. The number of nitro groups is 1. The molecule has 100 valence electrons. The summed E-state index contributed by atoms with van der Waals surface area (Å²) in [5.74, 6) is -0.477. The van der Waals surface area contributed by atoms with Gasteiger partial charge in [0.2, 0.25) is 6.39 Å². The Hall–Kier alpha value is -2.71. The van der Waals surface area contributed by atoms with Crippen molar-refractivity contribution in [1.82, 2.24) is 10.1 Å². The Morgan fingerprint density at radius 2 is 2.37 bits per heavy atom. The van der Waals surface area contributed by atoms with Crippen molar-refractivity contribution >= 4 is 11.4 Å². The maximum absolute atomic E-state index is 13.7. The molecule has 0 aliphatic heterocycles. The quantitative estimate of drug-likeness (QED) is 0.650. The van der Waals surface area contributed by atoms with Gasteiger partial charge < -0.3 is 14.6 Å². The minimum Gasteiger partial charge on any atom is -0.490 e. The highest BCUT2D eigenvalue weighted by molar-refractivity contribution is 5.59. The van der Waals surface area contributed by atoms with E-state index >= 15 is 0 Å². The second-order valence-corrected chi connectivity index (χ2v) is 3.46. The Balaban J connectivity index is 2.23. The lowest BCUT2D eigenvalue weighted by Crippen LogP contribution is -2.04. The van der Waals surface area contributed by atoms with Crippen LogP contribution in [0.5, 0.6) is 5.75 Å². The van der Waals surface area contributed by atoms with Crippen LogP contribution in [0.4, 0.5) is 15.8 Å². The van der Waals surface area contributed by atoms with Crippen molar-refractivity contribution in [3.05, 3.63) is 40.3 Å². The van der Waals surface area contributed by atoms with E-state index in [1.165, 1.54) is 13.2 Å². The molecule has 0 aliphatic carbocycles. The van der Waals surface area contributed by atoms with E-state index in [2.05, 4.69) is 20.0 Å². The fraction of sp³-hybridized carbons (Fsp3) is 0.200. The molecule has 1 heterocycles. The predicted molar refractivity (Wildman–Crippen MR) is 61.2 cm³/mol. The molecule has 8 nitrogen and oxygen atoms in total. The van der Waals surface area contributed by atoms with Gasteiger partial charge in [-0.2, -0.15) is 4.98 Å². The lowest BCUT2D eigenvalue weighted by molar-refractivity contribution is -0.385. The van der Waals surface area contributed by atoms with Gasteiger partial charge in [-0.15, -0.1) is 0 Å². The summed E-state index contributed by atoms with van der Waals surface area (Å²) in [5.41, 5.74) is -0.391. The molecule has 9 heteroatoms. The summed E-state index contributed by atoms with van der Waals surface area (Å²) < 4.78 is 23.0. The molecule has 2 rings (SSSR count). The zero-order valence-electron chi connectivity index (χ0n) is 9.79. The third kappa shape index (κ3) is 2.76. The second-order valence-electron chi connectivity index (χ2n) is 3.46. The first-order valence-corrected chi connectivity index (χ1v) is 5.13. The van der Waals surface area contributed by atoms with E-state index in [1.807, 2.05) is 0 Å². The van der Waals surface area contributed by atoms with Gasteiger partial charge in [0.05, 0.1) is 30.3 Å². The lowest BCUT2D eigenvalue weighted by Gasteiger charge is -2.08. The minimum atomic E-state index is -0.768. The average molecular weight is 268 g/mol. The Bertz CT molecular complexity index is 587. The van der Waals surface area contributed by atoms with Gasteiger partial charge in [-0.3, -0.25) is 10.1 Å². The van der Waals surface area contributed by atoms with Crippen LogP contribution in [0.25, 0.3) is 0 Å².